The summed E-state index contributed by atoms with van der Waals surface area (Å²) in [5.41, 5.74) is 11.9. The van der Waals surface area contributed by atoms with Crippen LogP contribution in [0.2, 0.25) is 0 Å². The van der Waals surface area contributed by atoms with Crippen molar-refractivity contribution < 1.29 is 0 Å². The van der Waals surface area contributed by atoms with E-state index in [0.29, 0.717) is 0 Å². The molecule has 0 aliphatic heterocycles. The van der Waals surface area contributed by atoms with E-state index in [-0.39, 0.29) is 0 Å². The Morgan fingerprint density at radius 2 is 0.500 bits per heavy atom. The lowest BCUT2D eigenvalue weighted by atomic mass is 10.1. The van der Waals surface area contributed by atoms with Gasteiger partial charge in [-0.15, -0.1) is 0 Å². The number of rotatable bonds is 6. The van der Waals surface area contributed by atoms with E-state index in [1.165, 1.54) is 33.0 Å². The molecule has 0 aliphatic rings. The van der Waals surface area contributed by atoms with E-state index in [4.69, 9.17) is 0 Å². The molecule has 40 heavy (non-hydrogen) atoms. The summed E-state index contributed by atoms with van der Waals surface area (Å²) in [6.45, 7) is 8.52. The SMILES string of the molecule is Cc1ccc(N(c2ccc(C)cc2)c2ccc3cc(N(c4ccc(C)cc4)c4ccc(C)cc4)ccc3c2)cc1. The monoisotopic (exact) mass is 518 g/mol. The first-order valence-electron chi connectivity index (χ1n) is 13.9. The van der Waals surface area contributed by atoms with Crippen LogP contribution in [0, 0.1) is 27.7 Å². The molecule has 196 valence electrons. The van der Waals surface area contributed by atoms with Gasteiger partial charge in [0, 0.05) is 34.1 Å². The number of hydrogen-bond acceptors (Lipinski definition) is 2. The quantitative estimate of drug-likeness (QED) is 0.216. The Morgan fingerprint density at radius 3 is 0.750 bits per heavy atom. The van der Waals surface area contributed by atoms with Crippen LogP contribution in [-0.2, 0) is 0 Å². The number of hydrogen-bond donors (Lipinski definition) is 0. The van der Waals surface area contributed by atoms with Crippen molar-refractivity contribution in [3.8, 4) is 0 Å². The lowest BCUT2D eigenvalue weighted by molar-refractivity contribution is 1.27. The van der Waals surface area contributed by atoms with Crippen LogP contribution in [0.5, 0.6) is 0 Å². The van der Waals surface area contributed by atoms with Crippen LogP contribution in [0.4, 0.5) is 34.1 Å². The highest BCUT2D eigenvalue weighted by Crippen LogP contribution is 2.39. The first-order chi connectivity index (χ1) is 19.4. The van der Waals surface area contributed by atoms with Gasteiger partial charge < -0.3 is 9.80 Å². The van der Waals surface area contributed by atoms with Gasteiger partial charge in [0.25, 0.3) is 0 Å². The Kier molecular flexibility index (Phi) is 6.84. The number of benzene rings is 6. The summed E-state index contributed by atoms with van der Waals surface area (Å²) in [6.07, 6.45) is 0. The molecule has 0 N–H and O–H groups in total. The van der Waals surface area contributed by atoms with Crippen molar-refractivity contribution >= 4 is 44.9 Å². The summed E-state index contributed by atoms with van der Waals surface area (Å²) < 4.78 is 0. The maximum Gasteiger partial charge on any atom is 0.0468 e. The zero-order chi connectivity index (χ0) is 27.6. The van der Waals surface area contributed by atoms with Gasteiger partial charge in [0.2, 0.25) is 0 Å². The lowest BCUT2D eigenvalue weighted by Gasteiger charge is -2.27. The minimum absolute atomic E-state index is 1.14. The van der Waals surface area contributed by atoms with Crippen molar-refractivity contribution in [1.82, 2.24) is 0 Å². The van der Waals surface area contributed by atoms with Gasteiger partial charge in [0.05, 0.1) is 0 Å². The third-order valence-corrected chi connectivity index (χ3v) is 7.49. The van der Waals surface area contributed by atoms with Crippen molar-refractivity contribution in [3.63, 3.8) is 0 Å². The smallest absolute Gasteiger partial charge is 0.0468 e. The van der Waals surface area contributed by atoms with Crippen molar-refractivity contribution in [1.29, 1.82) is 0 Å². The molecule has 0 bridgehead atoms. The molecule has 0 spiro atoms. The Balaban J connectivity index is 1.44. The van der Waals surface area contributed by atoms with Crippen LogP contribution in [0.1, 0.15) is 22.3 Å². The molecule has 6 aromatic rings. The Bertz CT molecular complexity index is 1520. The zero-order valence-electron chi connectivity index (χ0n) is 23.6. The van der Waals surface area contributed by atoms with Crippen molar-refractivity contribution in [2.75, 3.05) is 9.80 Å². The summed E-state index contributed by atoms with van der Waals surface area (Å²) in [5, 5.41) is 2.41. The molecule has 0 heterocycles. The summed E-state index contributed by atoms with van der Waals surface area (Å²) >= 11 is 0. The highest BCUT2D eigenvalue weighted by molar-refractivity contribution is 5.93. The molecule has 0 saturated heterocycles. The number of fused-ring (bicyclic) bond motifs is 1. The molecule has 0 amide bonds. The number of nitrogens with zero attached hydrogens (tertiary/aromatic N) is 2. The number of anilines is 6. The standard InChI is InChI=1S/C38H34N2/c1-27-5-15-33(16-6-27)39(34-17-7-28(2)8-18-34)37-23-13-32-26-38(24-14-31(32)25-37)40(35-19-9-29(3)10-20-35)36-21-11-30(4)12-22-36/h5-26H,1-4H3. The minimum Gasteiger partial charge on any atom is -0.310 e. The lowest BCUT2D eigenvalue weighted by Crippen LogP contribution is -2.10. The highest BCUT2D eigenvalue weighted by Gasteiger charge is 2.15. The molecule has 6 aromatic carbocycles. The maximum atomic E-state index is 2.33. The van der Waals surface area contributed by atoms with E-state index in [0.717, 1.165) is 34.1 Å². The summed E-state index contributed by atoms with van der Waals surface area (Å²) in [7, 11) is 0. The minimum atomic E-state index is 1.14. The average molecular weight is 519 g/mol. The van der Waals surface area contributed by atoms with Gasteiger partial charge in [-0.1, -0.05) is 82.9 Å². The van der Waals surface area contributed by atoms with Crippen molar-refractivity contribution in [3.05, 3.63) is 156 Å². The Hall–Kier alpha value is -4.82. The van der Waals surface area contributed by atoms with Gasteiger partial charge >= 0.3 is 0 Å². The molecule has 0 aliphatic carbocycles. The third kappa shape index (κ3) is 5.21. The average Bonchev–Trinajstić information content (AvgIpc) is 2.97. The first-order valence-corrected chi connectivity index (χ1v) is 13.9. The van der Waals surface area contributed by atoms with Gasteiger partial charge in [0.1, 0.15) is 0 Å². The first kappa shape index (κ1) is 25.5. The molecule has 2 nitrogen and oxygen atoms in total. The largest absolute Gasteiger partial charge is 0.310 e. The van der Waals surface area contributed by atoms with Crippen molar-refractivity contribution in [2.45, 2.75) is 27.7 Å². The summed E-state index contributed by atoms with van der Waals surface area (Å²) in [4.78, 5) is 4.66. The molecule has 0 aromatic heterocycles. The molecular weight excluding hydrogens is 484 g/mol. The normalized spacial score (nSPS) is 11.0. The molecule has 0 unspecified atom stereocenters. The second kappa shape index (κ2) is 10.7. The number of aryl methyl sites for hydroxylation is 4. The fraction of sp³-hybridized carbons (Fsp3) is 0.105. The predicted octanol–water partition coefficient (Wildman–Crippen LogP) is 11.0. The van der Waals surface area contributed by atoms with E-state index >= 15 is 0 Å². The molecule has 0 atom stereocenters. The highest BCUT2D eigenvalue weighted by atomic mass is 15.1. The predicted molar refractivity (Wildman–Crippen MR) is 172 cm³/mol. The molecule has 2 heteroatoms. The van der Waals surface area contributed by atoms with Crippen LogP contribution >= 0.6 is 0 Å². The van der Waals surface area contributed by atoms with Crippen molar-refractivity contribution in [2.24, 2.45) is 0 Å². The summed E-state index contributed by atoms with van der Waals surface area (Å²) in [5.74, 6) is 0. The van der Waals surface area contributed by atoms with Crippen LogP contribution in [0.15, 0.2) is 133 Å². The van der Waals surface area contributed by atoms with Crippen LogP contribution in [0.3, 0.4) is 0 Å². The van der Waals surface area contributed by atoms with E-state index < -0.39 is 0 Å². The molecule has 0 radical (unpaired) electrons. The topological polar surface area (TPSA) is 6.48 Å². The molecule has 6 rings (SSSR count). The van der Waals surface area contributed by atoms with Crippen LogP contribution in [0.25, 0.3) is 10.8 Å². The fourth-order valence-electron chi connectivity index (χ4n) is 5.17. The van der Waals surface area contributed by atoms with Gasteiger partial charge in [-0.05, 0) is 111 Å². The van der Waals surface area contributed by atoms with E-state index in [2.05, 4.69) is 171 Å². The Labute approximate surface area is 237 Å². The van der Waals surface area contributed by atoms with Crippen LogP contribution < -0.4 is 9.80 Å². The van der Waals surface area contributed by atoms with Gasteiger partial charge in [-0.2, -0.15) is 0 Å². The molecule has 0 saturated carbocycles. The van der Waals surface area contributed by atoms with Gasteiger partial charge in [0.15, 0.2) is 0 Å². The molecular formula is C38H34N2. The van der Waals surface area contributed by atoms with E-state index in [1.54, 1.807) is 0 Å². The Morgan fingerprint density at radius 1 is 0.275 bits per heavy atom. The third-order valence-electron chi connectivity index (χ3n) is 7.49. The fourth-order valence-corrected chi connectivity index (χ4v) is 5.17. The van der Waals surface area contributed by atoms with Gasteiger partial charge in [-0.3, -0.25) is 0 Å². The van der Waals surface area contributed by atoms with E-state index in [1.807, 2.05) is 0 Å². The zero-order valence-corrected chi connectivity index (χ0v) is 23.6. The van der Waals surface area contributed by atoms with Crippen LogP contribution in [-0.4, -0.2) is 0 Å². The second-order valence-corrected chi connectivity index (χ2v) is 10.7. The maximum absolute atomic E-state index is 2.33. The van der Waals surface area contributed by atoms with Gasteiger partial charge in [-0.25, -0.2) is 0 Å². The second-order valence-electron chi connectivity index (χ2n) is 10.7. The molecule has 0 fully saturated rings. The van der Waals surface area contributed by atoms with E-state index in [9.17, 15) is 0 Å². The summed E-state index contributed by atoms with van der Waals surface area (Å²) in [6, 6.07) is 48.5.